The number of rotatable bonds is 4. The van der Waals surface area contributed by atoms with Crippen LogP contribution in [-0.2, 0) is 16.1 Å². The van der Waals surface area contributed by atoms with Crippen molar-refractivity contribution in [3.63, 3.8) is 0 Å². The summed E-state index contributed by atoms with van der Waals surface area (Å²) in [5.41, 5.74) is 3.20. The summed E-state index contributed by atoms with van der Waals surface area (Å²) in [6.07, 6.45) is 1.32. The predicted octanol–water partition coefficient (Wildman–Crippen LogP) is 3.63. The topological polar surface area (TPSA) is 82.8 Å². The van der Waals surface area contributed by atoms with E-state index in [0.717, 1.165) is 11.1 Å². The van der Waals surface area contributed by atoms with Gasteiger partial charge in [0, 0.05) is 11.1 Å². The molecule has 0 saturated heterocycles. The molecule has 1 heterocycles. The lowest BCUT2D eigenvalue weighted by Crippen LogP contribution is -2.09. The van der Waals surface area contributed by atoms with Crippen molar-refractivity contribution in [3.8, 4) is 11.1 Å². The smallest absolute Gasteiger partial charge is 0.341 e. The van der Waals surface area contributed by atoms with E-state index < -0.39 is 11.9 Å². The lowest BCUT2D eigenvalue weighted by Gasteiger charge is -2.06. The first-order chi connectivity index (χ1) is 13.1. The van der Waals surface area contributed by atoms with Gasteiger partial charge in [-0.2, -0.15) is 0 Å². The fourth-order valence-electron chi connectivity index (χ4n) is 3.11. The number of carbonyl (C=O) groups is 3. The second-order valence-corrected chi connectivity index (χ2v) is 5.96. The van der Waals surface area contributed by atoms with Gasteiger partial charge >= 0.3 is 11.9 Å². The van der Waals surface area contributed by atoms with Gasteiger partial charge in [0.25, 0.3) is 0 Å². The Hall–Kier alpha value is -3.67. The summed E-state index contributed by atoms with van der Waals surface area (Å²) in [6, 6.07) is 13.6. The van der Waals surface area contributed by atoms with Crippen LogP contribution in [0.15, 0.2) is 59.2 Å². The van der Waals surface area contributed by atoms with Crippen LogP contribution in [0.2, 0.25) is 0 Å². The Morgan fingerprint density at radius 2 is 1.67 bits per heavy atom. The minimum Gasteiger partial charge on any atom is -0.465 e. The molecule has 0 radical (unpaired) electrons. The highest BCUT2D eigenvalue weighted by Gasteiger charge is 2.27. The van der Waals surface area contributed by atoms with Crippen molar-refractivity contribution in [2.45, 2.75) is 6.61 Å². The van der Waals surface area contributed by atoms with E-state index in [2.05, 4.69) is 4.74 Å². The summed E-state index contributed by atoms with van der Waals surface area (Å²) in [6.45, 7) is -0.221. The molecule has 0 fully saturated rings. The highest BCUT2D eigenvalue weighted by molar-refractivity contribution is 6.22. The standard InChI is InChI=1S/C21H14O6/c1-25-21(24)16-8-9-26-18(16)11-27-20(23)12-6-7-14-13-4-2-3-5-15(13)19(22)17(14)10-12/h2-10H,11H2,1H3. The van der Waals surface area contributed by atoms with E-state index in [0.29, 0.717) is 11.1 Å². The molecule has 0 bridgehead atoms. The lowest BCUT2D eigenvalue weighted by molar-refractivity contribution is 0.0432. The summed E-state index contributed by atoms with van der Waals surface area (Å²) in [5, 5.41) is 0. The number of carbonyl (C=O) groups excluding carboxylic acids is 3. The van der Waals surface area contributed by atoms with Crippen molar-refractivity contribution in [2.75, 3.05) is 7.11 Å². The van der Waals surface area contributed by atoms with Crippen LogP contribution < -0.4 is 0 Å². The van der Waals surface area contributed by atoms with Crippen LogP contribution in [0.5, 0.6) is 0 Å². The molecule has 6 heteroatoms. The largest absolute Gasteiger partial charge is 0.465 e. The van der Waals surface area contributed by atoms with E-state index in [1.54, 1.807) is 24.3 Å². The van der Waals surface area contributed by atoms with Gasteiger partial charge in [-0.05, 0) is 29.3 Å². The summed E-state index contributed by atoms with van der Waals surface area (Å²) in [7, 11) is 1.25. The van der Waals surface area contributed by atoms with Crippen molar-refractivity contribution in [1.29, 1.82) is 0 Å². The molecule has 3 aromatic rings. The van der Waals surface area contributed by atoms with Crippen LogP contribution >= 0.6 is 0 Å². The van der Waals surface area contributed by atoms with Crippen LogP contribution in [0.1, 0.15) is 42.4 Å². The Labute approximate surface area is 154 Å². The van der Waals surface area contributed by atoms with Crippen LogP contribution in [-0.4, -0.2) is 24.8 Å². The molecule has 0 saturated carbocycles. The Morgan fingerprint density at radius 1 is 0.926 bits per heavy atom. The van der Waals surface area contributed by atoms with E-state index in [1.807, 2.05) is 12.1 Å². The number of methoxy groups -OCH3 is 1. The monoisotopic (exact) mass is 362 g/mol. The molecular formula is C21H14O6. The molecule has 0 N–H and O–H groups in total. The third kappa shape index (κ3) is 2.81. The molecule has 0 unspecified atom stereocenters. The first-order valence-electron chi connectivity index (χ1n) is 8.20. The Kier molecular flexibility index (Phi) is 4.08. The zero-order chi connectivity index (χ0) is 19.0. The normalized spacial score (nSPS) is 11.7. The van der Waals surface area contributed by atoms with Gasteiger partial charge in [0.05, 0.1) is 18.9 Å². The van der Waals surface area contributed by atoms with Crippen LogP contribution in [0.25, 0.3) is 11.1 Å². The SMILES string of the molecule is COC(=O)c1ccoc1COC(=O)c1ccc2c(c1)C(=O)c1ccccc1-2. The van der Waals surface area contributed by atoms with E-state index in [-0.39, 0.29) is 29.3 Å². The zero-order valence-electron chi connectivity index (χ0n) is 14.4. The molecule has 1 aromatic heterocycles. The van der Waals surface area contributed by atoms with Crippen molar-refractivity contribution >= 4 is 17.7 Å². The van der Waals surface area contributed by atoms with Crippen LogP contribution in [0, 0.1) is 0 Å². The average Bonchev–Trinajstić information content (AvgIpc) is 3.29. The van der Waals surface area contributed by atoms with Gasteiger partial charge in [0.2, 0.25) is 0 Å². The number of hydrogen-bond acceptors (Lipinski definition) is 6. The quantitative estimate of drug-likeness (QED) is 0.516. The summed E-state index contributed by atoms with van der Waals surface area (Å²) in [4.78, 5) is 36.5. The first-order valence-corrected chi connectivity index (χ1v) is 8.20. The summed E-state index contributed by atoms with van der Waals surface area (Å²) < 4.78 is 15.0. The lowest BCUT2D eigenvalue weighted by atomic mass is 10.0. The molecule has 0 atom stereocenters. The number of benzene rings is 2. The van der Waals surface area contributed by atoms with E-state index in [9.17, 15) is 14.4 Å². The van der Waals surface area contributed by atoms with Gasteiger partial charge in [0.15, 0.2) is 18.2 Å². The molecule has 2 aromatic carbocycles. The van der Waals surface area contributed by atoms with Crippen LogP contribution in [0.3, 0.4) is 0 Å². The molecule has 0 aliphatic heterocycles. The van der Waals surface area contributed by atoms with Crippen molar-refractivity contribution in [2.24, 2.45) is 0 Å². The summed E-state index contributed by atoms with van der Waals surface area (Å²) >= 11 is 0. The van der Waals surface area contributed by atoms with E-state index in [1.165, 1.54) is 25.5 Å². The highest BCUT2D eigenvalue weighted by atomic mass is 16.5. The van der Waals surface area contributed by atoms with Crippen molar-refractivity contribution in [3.05, 3.63) is 82.8 Å². The first kappa shape index (κ1) is 16.8. The minimum atomic E-state index is -0.617. The Bertz CT molecular complexity index is 1080. The second-order valence-electron chi connectivity index (χ2n) is 5.96. The number of esters is 2. The molecule has 6 nitrogen and oxygen atoms in total. The number of fused-ring (bicyclic) bond motifs is 3. The van der Waals surface area contributed by atoms with Gasteiger partial charge in [-0.3, -0.25) is 4.79 Å². The molecule has 1 aliphatic carbocycles. The fraction of sp³-hybridized carbons (Fsp3) is 0.0952. The van der Waals surface area contributed by atoms with Gasteiger partial charge in [-0.15, -0.1) is 0 Å². The average molecular weight is 362 g/mol. The van der Waals surface area contributed by atoms with E-state index >= 15 is 0 Å². The zero-order valence-corrected chi connectivity index (χ0v) is 14.4. The fourth-order valence-corrected chi connectivity index (χ4v) is 3.11. The number of furan rings is 1. The molecule has 0 spiro atoms. The molecule has 1 aliphatic rings. The maximum Gasteiger partial charge on any atom is 0.341 e. The molecule has 0 amide bonds. The second kappa shape index (κ2) is 6.57. The third-order valence-electron chi connectivity index (χ3n) is 4.45. The highest BCUT2D eigenvalue weighted by Crippen LogP contribution is 2.36. The molecule has 4 rings (SSSR count). The third-order valence-corrected chi connectivity index (χ3v) is 4.45. The van der Waals surface area contributed by atoms with Gasteiger partial charge in [0.1, 0.15) is 5.56 Å². The van der Waals surface area contributed by atoms with Crippen molar-refractivity contribution < 1.29 is 28.3 Å². The number of ether oxygens (including phenoxy) is 2. The Morgan fingerprint density at radius 3 is 2.44 bits per heavy atom. The van der Waals surface area contributed by atoms with Gasteiger partial charge < -0.3 is 13.9 Å². The van der Waals surface area contributed by atoms with Crippen molar-refractivity contribution in [1.82, 2.24) is 0 Å². The minimum absolute atomic E-state index is 0.116. The predicted molar refractivity (Wildman–Crippen MR) is 94.5 cm³/mol. The van der Waals surface area contributed by atoms with Gasteiger partial charge in [-0.25, -0.2) is 9.59 Å². The van der Waals surface area contributed by atoms with Crippen LogP contribution in [0.4, 0.5) is 0 Å². The Balaban J connectivity index is 1.54. The maximum absolute atomic E-state index is 12.5. The number of ketones is 1. The summed E-state index contributed by atoms with van der Waals surface area (Å²) in [5.74, 6) is -1.11. The van der Waals surface area contributed by atoms with Gasteiger partial charge in [-0.1, -0.05) is 30.3 Å². The molecular weight excluding hydrogens is 348 g/mol. The molecule has 134 valence electrons. The number of hydrogen-bond donors (Lipinski definition) is 0. The molecule has 27 heavy (non-hydrogen) atoms. The maximum atomic E-state index is 12.5. The van der Waals surface area contributed by atoms with E-state index in [4.69, 9.17) is 9.15 Å².